The number of nitrogens with one attached hydrogen (secondary N) is 1. The highest BCUT2D eigenvalue weighted by Crippen LogP contribution is 2.30. The number of aromatic nitrogens is 1. The quantitative estimate of drug-likeness (QED) is 0.849. The van der Waals surface area contributed by atoms with Gasteiger partial charge >= 0.3 is 0 Å². The molecule has 0 unspecified atom stereocenters. The third-order valence-corrected chi connectivity index (χ3v) is 3.41. The SMILES string of the molecule is CC1(CNc2ncc(N)cc2C#N)CCOCC1. The van der Waals surface area contributed by atoms with Crippen LogP contribution >= 0.6 is 0 Å². The number of hydrogen-bond donors (Lipinski definition) is 2. The van der Waals surface area contributed by atoms with Gasteiger partial charge in [0.25, 0.3) is 0 Å². The summed E-state index contributed by atoms with van der Waals surface area (Å²) in [5.74, 6) is 0.611. The molecule has 1 aromatic rings. The first-order valence-electron chi connectivity index (χ1n) is 6.10. The number of pyridine rings is 1. The first kappa shape index (κ1) is 12.7. The summed E-state index contributed by atoms with van der Waals surface area (Å²) in [6.45, 7) is 4.63. The molecule has 1 fully saturated rings. The van der Waals surface area contributed by atoms with Crippen LogP contribution in [0.4, 0.5) is 11.5 Å². The standard InChI is InChI=1S/C13H18N4O/c1-13(2-4-18-5-3-13)9-17-12-10(7-14)6-11(15)8-16-12/h6,8H,2-5,9,15H2,1H3,(H,16,17). The van der Waals surface area contributed by atoms with Crippen LogP contribution in [-0.2, 0) is 4.74 Å². The van der Waals surface area contributed by atoms with Crippen LogP contribution in [0.2, 0.25) is 0 Å². The van der Waals surface area contributed by atoms with Crippen molar-refractivity contribution in [3.63, 3.8) is 0 Å². The van der Waals surface area contributed by atoms with E-state index in [0.29, 0.717) is 17.1 Å². The minimum Gasteiger partial charge on any atom is -0.397 e. The van der Waals surface area contributed by atoms with Crippen molar-refractivity contribution in [1.29, 1.82) is 5.26 Å². The fourth-order valence-electron chi connectivity index (χ4n) is 2.05. The van der Waals surface area contributed by atoms with Crippen molar-refractivity contribution >= 4 is 11.5 Å². The zero-order chi connectivity index (χ0) is 13.0. The first-order valence-corrected chi connectivity index (χ1v) is 6.10. The maximum absolute atomic E-state index is 9.04. The molecule has 0 radical (unpaired) electrons. The second-order valence-electron chi connectivity index (χ2n) is 5.05. The van der Waals surface area contributed by atoms with Crippen LogP contribution < -0.4 is 11.1 Å². The van der Waals surface area contributed by atoms with E-state index in [1.807, 2.05) is 0 Å². The Morgan fingerprint density at radius 1 is 1.56 bits per heavy atom. The van der Waals surface area contributed by atoms with Crippen LogP contribution in [0.5, 0.6) is 0 Å². The summed E-state index contributed by atoms with van der Waals surface area (Å²) in [7, 11) is 0. The number of rotatable bonds is 3. The van der Waals surface area contributed by atoms with Gasteiger partial charge in [-0.25, -0.2) is 4.98 Å². The van der Waals surface area contributed by atoms with Gasteiger partial charge in [0.15, 0.2) is 0 Å². The molecule has 0 amide bonds. The Morgan fingerprint density at radius 3 is 2.94 bits per heavy atom. The lowest BCUT2D eigenvalue weighted by atomic mass is 9.82. The van der Waals surface area contributed by atoms with Gasteiger partial charge in [-0.3, -0.25) is 0 Å². The van der Waals surface area contributed by atoms with Crippen molar-refractivity contribution in [2.75, 3.05) is 30.8 Å². The smallest absolute Gasteiger partial charge is 0.144 e. The summed E-state index contributed by atoms with van der Waals surface area (Å²) in [5, 5.41) is 12.3. The molecular formula is C13H18N4O. The average molecular weight is 246 g/mol. The van der Waals surface area contributed by atoms with E-state index in [0.717, 1.165) is 32.6 Å². The highest BCUT2D eigenvalue weighted by molar-refractivity contribution is 5.57. The molecule has 0 bridgehead atoms. The second kappa shape index (κ2) is 5.23. The van der Waals surface area contributed by atoms with Crippen molar-refractivity contribution < 1.29 is 4.74 Å². The van der Waals surface area contributed by atoms with Gasteiger partial charge in [-0.1, -0.05) is 6.92 Å². The lowest BCUT2D eigenvalue weighted by molar-refractivity contribution is 0.0300. The molecule has 1 aliphatic rings. The molecule has 1 saturated heterocycles. The predicted molar refractivity (Wildman–Crippen MR) is 70.0 cm³/mol. The Balaban J connectivity index is 2.04. The van der Waals surface area contributed by atoms with E-state index in [2.05, 4.69) is 23.3 Å². The van der Waals surface area contributed by atoms with E-state index in [1.165, 1.54) is 0 Å². The lowest BCUT2D eigenvalue weighted by Crippen LogP contribution is -2.33. The van der Waals surface area contributed by atoms with E-state index in [4.69, 9.17) is 15.7 Å². The van der Waals surface area contributed by atoms with Gasteiger partial charge in [-0.05, 0) is 24.3 Å². The molecule has 5 nitrogen and oxygen atoms in total. The summed E-state index contributed by atoms with van der Waals surface area (Å²) in [5.41, 5.74) is 6.81. The Labute approximate surface area is 107 Å². The number of ether oxygens (including phenoxy) is 1. The molecular weight excluding hydrogens is 228 g/mol. The van der Waals surface area contributed by atoms with Crippen molar-refractivity contribution in [2.24, 2.45) is 5.41 Å². The predicted octanol–water partition coefficient (Wildman–Crippen LogP) is 1.76. The molecule has 1 aromatic heterocycles. The van der Waals surface area contributed by atoms with Crippen LogP contribution in [0.15, 0.2) is 12.3 Å². The van der Waals surface area contributed by atoms with Gasteiger partial charge in [-0.2, -0.15) is 5.26 Å². The molecule has 2 heterocycles. The van der Waals surface area contributed by atoms with Crippen LogP contribution in [0, 0.1) is 16.7 Å². The number of nitrogen functional groups attached to an aromatic ring is 1. The van der Waals surface area contributed by atoms with Crippen molar-refractivity contribution in [2.45, 2.75) is 19.8 Å². The van der Waals surface area contributed by atoms with E-state index in [-0.39, 0.29) is 5.41 Å². The number of nitriles is 1. The molecule has 0 spiro atoms. The molecule has 96 valence electrons. The molecule has 0 saturated carbocycles. The largest absolute Gasteiger partial charge is 0.397 e. The monoisotopic (exact) mass is 246 g/mol. The first-order chi connectivity index (χ1) is 8.63. The van der Waals surface area contributed by atoms with Crippen molar-refractivity contribution in [3.8, 4) is 6.07 Å². The van der Waals surface area contributed by atoms with Crippen LogP contribution in [0.25, 0.3) is 0 Å². The molecule has 0 atom stereocenters. The maximum atomic E-state index is 9.04. The average Bonchev–Trinajstić information content (AvgIpc) is 2.38. The number of hydrogen-bond acceptors (Lipinski definition) is 5. The highest BCUT2D eigenvalue weighted by Gasteiger charge is 2.27. The molecule has 2 rings (SSSR count). The summed E-state index contributed by atoms with van der Waals surface area (Å²) in [4.78, 5) is 4.17. The van der Waals surface area contributed by atoms with Crippen molar-refractivity contribution in [3.05, 3.63) is 17.8 Å². The van der Waals surface area contributed by atoms with Gasteiger partial charge in [-0.15, -0.1) is 0 Å². The topological polar surface area (TPSA) is 84.0 Å². The van der Waals surface area contributed by atoms with Gasteiger partial charge in [0, 0.05) is 19.8 Å². The van der Waals surface area contributed by atoms with E-state index < -0.39 is 0 Å². The van der Waals surface area contributed by atoms with Crippen LogP contribution in [0.1, 0.15) is 25.3 Å². The van der Waals surface area contributed by atoms with E-state index in [1.54, 1.807) is 12.3 Å². The summed E-state index contributed by atoms with van der Waals surface area (Å²) in [6.07, 6.45) is 3.61. The third-order valence-electron chi connectivity index (χ3n) is 3.41. The molecule has 0 aromatic carbocycles. The van der Waals surface area contributed by atoms with Crippen LogP contribution in [0.3, 0.4) is 0 Å². The van der Waals surface area contributed by atoms with Crippen LogP contribution in [-0.4, -0.2) is 24.7 Å². The molecule has 1 aliphatic heterocycles. The lowest BCUT2D eigenvalue weighted by Gasteiger charge is -2.33. The summed E-state index contributed by atoms with van der Waals surface area (Å²) < 4.78 is 5.37. The Morgan fingerprint density at radius 2 is 2.28 bits per heavy atom. The highest BCUT2D eigenvalue weighted by atomic mass is 16.5. The third kappa shape index (κ3) is 2.90. The Kier molecular flexibility index (Phi) is 3.68. The maximum Gasteiger partial charge on any atom is 0.144 e. The Hall–Kier alpha value is -1.80. The van der Waals surface area contributed by atoms with Gasteiger partial charge in [0.05, 0.1) is 17.4 Å². The number of anilines is 2. The van der Waals surface area contributed by atoms with E-state index in [9.17, 15) is 0 Å². The fraction of sp³-hybridized carbons (Fsp3) is 0.538. The normalized spacial score (nSPS) is 18.0. The zero-order valence-electron chi connectivity index (χ0n) is 10.6. The van der Waals surface area contributed by atoms with Gasteiger partial charge in [0.1, 0.15) is 11.9 Å². The molecule has 18 heavy (non-hydrogen) atoms. The zero-order valence-corrected chi connectivity index (χ0v) is 10.6. The summed E-state index contributed by atoms with van der Waals surface area (Å²) >= 11 is 0. The summed E-state index contributed by atoms with van der Waals surface area (Å²) in [6, 6.07) is 3.75. The number of nitrogens with zero attached hydrogens (tertiary/aromatic N) is 2. The fourth-order valence-corrected chi connectivity index (χ4v) is 2.05. The minimum atomic E-state index is 0.202. The minimum absolute atomic E-state index is 0.202. The Bertz CT molecular complexity index is 461. The number of nitrogens with two attached hydrogens (primary N) is 1. The molecule has 3 N–H and O–H groups in total. The van der Waals surface area contributed by atoms with Gasteiger partial charge < -0.3 is 15.8 Å². The second-order valence-corrected chi connectivity index (χ2v) is 5.05. The molecule has 0 aliphatic carbocycles. The van der Waals surface area contributed by atoms with E-state index >= 15 is 0 Å². The van der Waals surface area contributed by atoms with Crippen molar-refractivity contribution in [1.82, 2.24) is 4.98 Å². The van der Waals surface area contributed by atoms with Gasteiger partial charge in [0.2, 0.25) is 0 Å². The molecule has 5 heteroatoms.